The molecule has 33 heavy (non-hydrogen) atoms. The molecule has 1 atom stereocenters. The van der Waals surface area contributed by atoms with E-state index < -0.39 is 17.9 Å². The van der Waals surface area contributed by atoms with E-state index in [1.165, 1.54) is 4.68 Å². The van der Waals surface area contributed by atoms with Gasteiger partial charge >= 0.3 is 0 Å². The number of aryl methyl sites for hydroxylation is 1. The Labute approximate surface area is 189 Å². The van der Waals surface area contributed by atoms with Crippen LogP contribution >= 0.6 is 0 Å². The lowest BCUT2D eigenvalue weighted by Crippen LogP contribution is -2.40. The number of amides is 2. The van der Waals surface area contributed by atoms with E-state index in [0.29, 0.717) is 22.2 Å². The highest BCUT2D eigenvalue weighted by Gasteiger charge is 2.36. The van der Waals surface area contributed by atoms with Crippen LogP contribution in [0.25, 0.3) is 22.0 Å². The lowest BCUT2D eigenvalue weighted by molar-refractivity contribution is 0.0513. The summed E-state index contributed by atoms with van der Waals surface area (Å²) in [5.41, 5.74) is 2.86. The molecule has 2 amide bonds. The van der Waals surface area contributed by atoms with Gasteiger partial charge in [0.2, 0.25) is 0 Å². The third-order valence-electron chi connectivity index (χ3n) is 5.85. The highest BCUT2D eigenvalue weighted by atomic mass is 16.3. The Balaban J connectivity index is 1.47. The van der Waals surface area contributed by atoms with Crippen LogP contribution in [0.3, 0.4) is 0 Å². The van der Waals surface area contributed by atoms with Gasteiger partial charge in [0.15, 0.2) is 0 Å². The molecule has 7 nitrogen and oxygen atoms in total. The molecule has 5 rings (SSSR count). The predicted octanol–water partition coefficient (Wildman–Crippen LogP) is 3.03. The van der Waals surface area contributed by atoms with Crippen molar-refractivity contribution in [2.24, 2.45) is 0 Å². The number of carbonyl (C=O) groups is 2. The molecule has 1 N–H and O–H groups in total. The van der Waals surface area contributed by atoms with E-state index in [9.17, 15) is 19.5 Å². The zero-order valence-corrected chi connectivity index (χ0v) is 17.9. The molecule has 0 radical (unpaired) electrons. The van der Waals surface area contributed by atoms with E-state index in [-0.39, 0.29) is 18.6 Å². The Morgan fingerprint density at radius 1 is 0.788 bits per heavy atom. The number of hydrogen-bond acceptors (Lipinski definition) is 5. The number of aliphatic hydroxyl groups excluding tert-OH is 1. The van der Waals surface area contributed by atoms with Crippen LogP contribution in [0.4, 0.5) is 0 Å². The van der Waals surface area contributed by atoms with E-state index in [1.54, 1.807) is 36.4 Å². The third-order valence-corrected chi connectivity index (χ3v) is 5.85. The Hall–Kier alpha value is -4.10. The second kappa shape index (κ2) is 8.11. The zero-order valence-electron chi connectivity index (χ0n) is 17.9. The topological polar surface area (TPSA) is 92.5 Å². The molecule has 4 aromatic rings. The van der Waals surface area contributed by atoms with E-state index in [2.05, 4.69) is 5.10 Å². The van der Waals surface area contributed by atoms with E-state index >= 15 is 0 Å². The molecule has 1 aliphatic rings. The fourth-order valence-electron chi connectivity index (χ4n) is 4.16. The number of β-amino-alcohol motifs (C(OH)–C–C–N with tert-alkyl or cyclic N) is 1. The minimum atomic E-state index is -1.16. The van der Waals surface area contributed by atoms with Crippen LogP contribution in [0.5, 0.6) is 0 Å². The highest BCUT2D eigenvalue weighted by Crippen LogP contribution is 2.25. The minimum absolute atomic E-state index is 0.157. The van der Waals surface area contributed by atoms with Gasteiger partial charge in [0.25, 0.3) is 17.4 Å². The molecule has 2 heterocycles. The maximum atomic E-state index is 13.1. The van der Waals surface area contributed by atoms with Crippen LogP contribution in [0.15, 0.2) is 77.6 Å². The predicted molar refractivity (Wildman–Crippen MR) is 124 cm³/mol. The first-order valence-corrected chi connectivity index (χ1v) is 10.6. The highest BCUT2D eigenvalue weighted by molar-refractivity contribution is 6.21. The van der Waals surface area contributed by atoms with Gasteiger partial charge in [-0.25, -0.2) is 4.68 Å². The van der Waals surface area contributed by atoms with Crippen molar-refractivity contribution in [1.29, 1.82) is 0 Å². The minimum Gasteiger partial charge on any atom is -0.389 e. The summed E-state index contributed by atoms with van der Waals surface area (Å²) in [5.74, 6) is -0.900. The lowest BCUT2D eigenvalue weighted by atomic mass is 10.0. The van der Waals surface area contributed by atoms with Gasteiger partial charge in [-0.05, 0) is 25.1 Å². The maximum absolute atomic E-state index is 13.1. The Morgan fingerprint density at radius 3 is 2.00 bits per heavy atom. The van der Waals surface area contributed by atoms with Crippen LogP contribution in [-0.2, 0) is 6.54 Å². The van der Waals surface area contributed by atoms with Crippen molar-refractivity contribution >= 4 is 22.6 Å². The smallest absolute Gasteiger partial charge is 0.274 e. The second-order valence-corrected chi connectivity index (χ2v) is 8.17. The zero-order chi connectivity index (χ0) is 23.1. The molecule has 0 unspecified atom stereocenters. The molecule has 0 fully saturated rings. The fraction of sp³-hybridized carbons (Fsp3) is 0.154. The van der Waals surface area contributed by atoms with E-state index in [4.69, 9.17) is 0 Å². The van der Waals surface area contributed by atoms with Gasteiger partial charge in [0.1, 0.15) is 0 Å². The van der Waals surface area contributed by atoms with Gasteiger partial charge in [-0.3, -0.25) is 19.3 Å². The summed E-state index contributed by atoms with van der Waals surface area (Å²) in [5, 5.41) is 16.5. The summed E-state index contributed by atoms with van der Waals surface area (Å²) in [6, 6.07) is 21.6. The van der Waals surface area contributed by atoms with Crippen LogP contribution in [0.1, 0.15) is 26.3 Å². The number of fused-ring (bicyclic) bond motifs is 2. The molecule has 0 saturated carbocycles. The third kappa shape index (κ3) is 3.62. The average Bonchev–Trinajstić information content (AvgIpc) is 3.06. The molecule has 1 aromatic heterocycles. The number of aromatic nitrogens is 2. The first kappa shape index (κ1) is 20.8. The van der Waals surface area contributed by atoms with Gasteiger partial charge in [-0.15, -0.1) is 0 Å². The van der Waals surface area contributed by atoms with Gasteiger partial charge in [0.05, 0.1) is 41.4 Å². The average molecular weight is 439 g/mol. The Morgan fingerprint density at radius 2 is 1.36 bits per heavy atom. The van der Waals surface area contributed by atoms with Gasteiger partial charge < -0.3 is 5.11 Å². The summed E-state index contributed by atoms with van der Waals surface area (Å²) >= 11 is 0. The van der Waals surface area contributed by atoms with Crippen molar-refractivity contribution in [3.05, 3.63) is 99.8 Å². The first-order valence-electron chi connectivity index (χ1n) is 10.6. The lowest BCUT2D eigenvalue weighted by Gasteiger charge is -2.19. The summed E-state index contributed by atoms with van der Waals surface area (Å²) in [6.07, 6.45) is -1.16. The van der Waals surface area contributed by atoms with Crippen LogP contribution in [0.2, 0.25) is 0 Å². The molecular weight excluding hydrogens is 418 g/mol. The quantitative estimate of drug-likeness (QED) is 0.483. The monoisotopic (exact) mass is 439 g/mol. The molecule has 0 bridgehead atoms. The van der Waals surface area contributed by atoms with Crippen molar-refractivity contribution in [2.45, 2.75) is 19.6 Å². The van der Waals surface area contributed by atoms with Crippen LogP contribution < -0.4 is 5.56 Å². The van der Waals surface area contributed by atoms with Crippen molar-refractivity contribution in [3.63, 3.8) is 0 Å². The SMILES string of the molecule is Cc1ccc(-c2nn(C[C@H](O)CN3C(=O)c4ccccc4C3=O)c(=O)c3ccccc23)cc1. The molecule has 7 heteroatoms. The van der Waals surface area contributed by atoms with E-state index in [0.717, 1.165) is 21.4 Å². The van der Waals surface area contributed by atoms with Gasteiger partial charge in [0, 0.05) is 10.9 Å². The van der Waals surface area contributed by atoms with Crippen molar-refractivity contribution < 1.29 is 14.7 Å². The molecule has 164 valence electrons. The number of aliphatic hydroxyl groups is 1. The molecular formula is C26H21N3O4. The Kier molecular flexibility index (Phi) is 5.11. The summed E-state index contributed by atoms with van der Waals surface area (Å²) in [7, 11) is 0. The van der Waals surface area contributed by atoms with Crippen LogP contribution in [0, 0.1) is 6.92 Å². The molecule has 3 aromatic carbocycles. The van der Waals surface area contributed by atoms with Crippen molar-refractivity contribution in [3.8, 4) is 11.3 Å². The number of nitrogens with zero attached hydrogens (tertiary/aromatic N) is 3. The number of imide groups is 1. The number of benzene rings is 3. The first-order chi connectivity index (χ1) is 15.9. The number of rotatable bonds is 5. The van der Waals surface area contributed by atoms with Crippen LogP contribution in [-0.4, -0.2) is 44.3 Å². The molecule has 1 aliphatic heterocycles. The normalized spacial score (nSPS) is 14.1. The molecule has 0 spiro atoms. The summed E-state index contributed by atoms with van der Waals surface area (Å²) < 4.78 is 1.21. The van der Waals surface area contributed by atoms with Crippen molar-refractivity contribution in [1.82, 2.24) is 14.7 Å². The van der Waals surface area contributed by atoms with Gasteiger partial charge in [-0.2, -0.15) is 5.10 Å². The summed E-state index contributed by atoms with van der Waals surface area (Å²) in [4.78, 5) is 39.3. The summed E-state index contributed by atoms with van der Waals surface area (Å²) in [6.45, 7) is 1.61. The maximum Gasteiger partial charge on any atom is 0.274 e. The Bertz CT molecular complexity index is 1420. The van der Waals surface area contributed by atoms with Gasteiger partial charge in [-0.1, -0.05) is 60.2 Å². The van der Waals surface area contributed by atoms with Crippen molar-refractivity contribution in [2.75, 3.05) is 6.54 Å². The second-order valence-electron chi connectivity index (χ2n) is 8.17. The number of hydrogen-bond donors (Lipinski definition) is 1. The standard InChI is InChI=1S/C26H21N3O4/c1-16-10-12-17(13-11-16)23-19-6-2-3-7-20(19)26(33)29(27-23)15-18(30)14-28-24(31)21-8-4-5-9-22(21)25(28)32/h2-13,18,30H,14-15H2,1H3/t18-/m1/s1. The molecule has 0 aliphatic carbocycles. The van der Waals surface area contributed by atoms with E-state index in [1.807, 2.05) is 43.3 Å². The largest absolute Gasteiger partial charge is 0.389 e. The fourth-order valence-corrected chi connectivity index (χ4v) is 4.16. The number of carbonyl (C=O) groups excluding carboxylic acids is 2. The molecule has 0 saturated heterocycles.